The molecule has 1 aliphatic heterocycles. The number of ether oxygens (including phenoxy) is 1. The highest BCUT2D eigenvalue weighted by Gasteiger charge is 2.53. The van der Waals surface area contributed by atoms with Crippen LogP contribution in [0.3, 0.4) is 0 Å². The van der Waals surface area contributed by atoms with Gasteiger partial charge in [0.25, 0.3) is 0 Å². The van der Waals surface area contributed by atoms with Crippen LogP contribution in [0.2, 0.25) is 0 Å². The Kier molecular flexibility index (Phi) is 5.01. The molecule has 1 unspecified atom stereocenters. The van der Waals surface area contributed by atoms with E-state index in [1.54, 1.807) is 6.07 Å². The Labute approximate surface area is 156 Å². The van der Waals surface area contributed by atoms with Crippen LogP contribution in [0, 0.1) is 11.8 Å². The molecule has 3 nitrogen and oxygen atoms in total. The topological polar surface area (TPSA) is 32.7 Å². The van der Waals surface area contributed by atoms with Crippen LogP contribution in [0.4, 0.5) is 0 Å². The predicted molar refractivity (Wildman–Crippen MR) is 104 cm³/mol. The van der Waals surface area contributed by atoms with Gasteiger partial charge in [0, 0.05) is 38.6 Å². The minimum absolute atomic E-state index is 0.250. The van der Waals surface area contributed by atoms with Gasteiger partial charge in [-0.2, -0.15) is 0 Å². The molecular weight excluding hydrogens is 322 g/mol. The molecule has 4 rings (SSSR count). The van der Waals surface area contributed by atoms with Gasteiger partial charge < -0.3 is 14.7 Å². The second-order valence-electron chi connectivity index (χ2n) is 7.87. The van der Waals surface area contributed by atoms with Crippen LogP contribution in [0.25, 0.3) is 0 Å². The quantitative estimate of drug-likeness (QED) is 0.876. The third-order valence-corrected chi connectivity index (χ3v) is 6.47. The average Bonchev–Trinajstić information content (AvgIpc) is 2.66. The van der Waals surface area contributed by atoms with Gasteiger partial charge in [-0.1, -0.05) is 48.9 Å². The van der Waals surface area contributed by atoms with Crippen LogP contribution >= 0.6 is 0 Å². The van der Waals surface area contributed by atoms with E-state index in [9.17, 15) is 5.11 Å². The fraction of sp³-hybridized carbons (Fsp3) is 0.478. The molecule has 26 heavy (non-hydrogen) atoms. The first kappa shape index (κ1) is 17.6. The number of phenolic OH excluding ortho intramolecular Hbond substituents is 1. The van der Waals surface area contributed by atoms with Crippen LogP contribution in [0.5, 0.6) is 5.75 Å². The summed E-state index contributed by atoms with van der Waals surface area (Å²) in [6.07, 6.45) is 4.78. The lowest BCUT2D eigenvalue weighted by Crippen LogP contribution is -2.59. The second kappa shape index (κ2) is 7.42. The Morgan fingerprint density at radius 3 is 2.42 bits per heavy atom. The molecule has 1 N–H and O–H groups in total. The molecule has 1 aliphatic carbocycles. The molecule has 0 aromatic heterocycles. The summed E-state index contributed by atoms with van der Waals surface area (Å²) in [6.45, 7) is 3.26. The summed E-state index contributed by atoms with van der Waals surface area (Å²) >= 11 is 0. The van der Waals surface area contributed by atoms with Crippen molar-refractivity contribution in [2.45, 2.75) is 31.3 Å². The number of likely N-dealkylation sites (tertiary alicyclic amines) is 1. The Balaban J connectivity index is 1.54. The largest absolute Gasteiger partial charge is 0.508 e. The molecule has 0 amide bonds. The lowest BCUT2D eigenvalue weighted by molar-refractivity contribution is -0.168. The number of rotatable bonds is 5. The van der Waals surface area contributed by atoms with Gasteiger partial charge in [-0.25, -0.2) is 0 Å². The zero-order valence-corrected chi connectivity index (χ0v) is 15.6. The van der Waals surface area contributed by atoms with Gasteiger partial charge in [0.2, 0.25) is 0 Å². The van der Waals surface area contributed by atoms with Crippen molar-refractivity contribution in [3.05, 3.63) is 65.7 Å². The standard InChI is InChI=1S/C23H29NO2/c1-26-23(19-9-6-12-22(25)15-19)20-10-5-11-21(23)17-24(16-20)14-13-18-7-3-2-4-8-18/h2-4,6-9,12,15,20-21,25H,5,10-11,13-14,16-17H2,1H3/t20-,21+,23?. The monoisotopic (exact) mass is 351 g/mol. The van der Waals surface area contributed by atoms with Crippen LogP contribution in [0.15, 0.2) is 54.6 Å². The van der Waals surface area contributed by atoms with E-state index < -0.39 is 0 Å². The molecule has 2 bridgehead atoms. The summed E-state index contributed by atoms with van der Waals surface area (Å²) < 4.78 is 6.26. The maximum absolute atomic E-state index is 10.0. The minimum atomic E-state index is -0.250. The summed E-state index contributed by atoms with van der Waals surface area (Å²) in [6, 6.07) is 18.5. The Morgan fingerprint density at radius 2 is 1.77 bits per heavy atom. The molecule has 2 aromatic carbocycles. The highest BCUT2D eigenvalue weighted by Crippen LogP contribution is 2.51. The number of fused-ring (bicyclic) bond motifs is 2. The van der Waals surface area contributed by atoms with Gasteiger partial charge in [0.1, 0.15) is 11.4 Å². The van der Waals surface area contributed by atoms with E-state index in [0.29, 0.717) is 17.6 Å². The smallest absolute Gasteiger partial charge is 0.115 e. The number of aromatic hydroxyl groups is 1. The first-order valence-corrected chi connectivity index (χ1v) is 9.83. The molecule has 2 aromatic rings. The number of piperidine rings is 1. The number of nitrogens with zero attached hydrogens (tertiary/aromatic N) is 1. The molecule has 138 valence electrons. The molecule has 1 heterocycles. The molecular formula is C23H29NO2. The fourth-order valence-corrected chi connectivity index (χ4v) is 5.31. The van der Waals surface area contributed by atoms with Crippen molar-refractivity contribution < 1.29 is 9.84 Å². The van der Waals surface area contributed by atoms with Crippen molar-refractivity contribution in [2.75, 3.05) is 26.7 Å². The third kappa shape index (κ3) is 3.15. The molecule has 1 saturated carbocycles. The molecule has 0 radical (unpaired) electrons. The number of hydrogen-bond donors (Lipinski definition) is 1. The summed E-state index contributed by atoms with van der Waals surface area (Å²) in [5.74, 6) is 1.30. The number of phenols is 1. The van der Waals surface area contributed by atoms with Crippen LogP contribution in [0.1, 0.15) is 30.4 Å². The minimum Gasteiger partial charge on any atom is -0.508 e. The number of methoxy groups -OCH3 is 1. The van der Waals surface area contributed by atoms with Crippen molar-refractivity contribution in [1.29, 1.82) is 0 Å². The maximum Gasteiger partial charge on any atom is 0.115 e. The lowest BCUT2D eigenvalue weighted by atomic mass is 9.62. The van der Waals surface area contributed by atoms with Gasteiger partial charge in [0.05, 0.1) is 0 Å². The predicted octanol–water partition coefficient (Wildman–Crippen LogP) is 4.21. The Bertz CT molecular complexity index is 716. The van der Waals surface area contributed by atoms with Crippen LogP contribution < -0.4 is 0 Å². The van der Waals surface area contributed by atoms with E-state index in [2.05, 4.69) is 41.3 Å². The van der Waals surface area contributed by atoms with E-state index in [1.807, 2.05) is 19.2 Å². The molecule has 3 atom stereocenters. The summed E-state index contributed by atoms with van der Waals surface area (Å²) in [7, 11) is 1.86. The zero-order chi connectivity index (χ0) is 18.0. The first-order chi connectivity index (χ1) is 12.7. The van der Waals surface area contributed by atoms with Crippen molar-refractivity contribution in [1.82, 2.24) is 4.90 Å². The van der Waals surface area contributed by atoms with Crippen molar-refractivity contribution in [3.63, 3.8) is 0 Å². The highest BCUT2D eigenvalue weighted by atomic mass is 16.5. The summed E-state index contributed by atoms with van der Waals surface area (Å²) in [4.78, 5) is 2.63. The highest BCUT2D eigenvalue weighted by molar-refractivity contribution is 5.34. The molecule has 0 spiro atoms. The van der Waals surface area contributed by atoms with Gasteiger partial charge in [-0.3, -0.25) is 0 Å². The van der Waals surface area contributed by atoms with E-state index in [4.69, 9.17) is 4.74 Å². The van der Waals surface area contributed by atoms with E-state index in [0.717, 1.165) is 31.6 Å². The Hall–Kier alpha value is -1.84. The van der Waals surface area contributed by atoms with Gasteiger partial charge in [-0.05, 0) is 42.5 Å². The van der Waals surface area contributed by atoms with E-state index in [-0.39, 0.29) is 5.60 Å². The van der Waals surface area contributed by atoms with Gasteiger partial charge in [-0.15, -0.1) is 0 Å². The third-order valence-electron chi connectivity index (χ3n) is 6.47. The normalized spacial score (nSPS) is 28.8. The molecule has 2 aliphatic rings. The average molecular weight is 351 g/mol. The SMILES string of the molecule is COC1(c2cccc(O)c2)[C@@H]2CCC[C@H]1CN(CCc1ccccc1)C2. The van der Waals surface area contributed by atoms with Crippen LogP contribution in [-0.2, 0) is 16.8 Å². The fourth-order valence-electron chi connectivity index (χ4n) is 5.31. The lowest BCUT2D eigenvalue weighted by Gasteiger charge is -2.55. The number of hydrogen-bond acceptors (Lipinski definition) is 3. The van der Waals surface area contributed by atoms with Gasteiger partial charge in [0.15, 0.2) is 0 Å². The van der Waals surface area contributed by atoms with Crippen molar-refractivity contribution in [2.24, 2.45) is 11.8 Å². The zero-order valence-electron chi connectivity index (χ0n) is 15.6. The first-order valence-electron chi connectivity index (χ1n) is 9.83. The summed E-state index contributed by atoms with van der Waals surface area (Å²) in [5, 5.41) is 10.0. The molecule has 3 heteroatoms. The molecule has 1 saturated heterocycles. The van der Waals surface area contributed by atoms with Crippen molar-refractivity contribution >= 4 is 0 Å². The number of benzene rings is 2. The maximum atomic E-state index is 10.0. The summed E-state index contributed by atoms with van der Waals surface area (Å²) in [5.41, 5.74) is 2.31. The second-order valence-corrected chi connectivity index (χ2v) is 7.87. The van der Waals surface area contributed by atoms with E-state index in [1.165, 1.54) is 24.8 Å². The van der Waals surface area contributed by atoms with Crippen molar-refractivity contribution in [3.8, 4) is 5.75 Å². The van der Waals surface area contributed by atoms with Gasteiger partial charge >= 0.3 is 0 Å². The van der Waals surface area contributed by atoms with Crippen LogP contribution in [-0.4, -0.2) is 36.8 Å². The Morgan fingerprint density at radius 1 is 1.04 bits per heavy atom. The molecule has 2 fully saturated rings. The van der Waals surface area contributed by atoms with E-state index >= 15 is 0 Å².